The fourth-order valence-corrected chi connectivity index (χ4v) is 5.55. The summed E-state index contributed by atoms with van der Waals surface area (Å²) >= 11 is 0. The molecule has 41 heavy (non-hydrogen) atoms. The number of aliphatic imine (C=N–C) groups is 1. The third kappa shape index (κ3) is 6.91. The molecule has 1 saturated heterocycles. The minimum atomic E-state index is -0.157. The Morgan fingerprint density at radius 2 is 1.88 bits per heavy atom. The van der Waals surface area contributed by atoms with E-state index in [0.29, 0.717) is 5.56 Å². The summed E-state index contributed by atoms with van der Waals surface area (Å²) in [4.78, 5) is 22.6. The number of phenols is 1. The molecule has 0 radical (unpaired) electrons. The van der Waals surface area contributed by atoms with Crippen molar-refractivity contribution in [1.29, 1.82) is 0 Å². The second kappa shape index (κ2) is 13.2. The highest BCUT2D eigenvalue weighted by Gasteiger charge is 2.18. The summed E-state index contributed by atoms with van der Waals surface area (Å²) < 4.78 is 2.20. The molecule has 0 aliphatic carbocycles. The summed E-state index contributed by atoms with van der Waals surface area (Å²) in [6.07, 6.45) is 7.95. The quantitative estimate of drug-likeness (QED) is 0.227. The van der Waals surface area contributed by atoms with Crippen molar-refractivity contribution in [3.05, 3.63) is 82.3 Å². The normalized spacial score (nSPS) is 15.1. The lowest BCUT2D eigenvalue weighted by atomic mass is 9.98. The number of nitrogens with one attached hydrogen (secondary N) is 1. The monoisotopic (exact) mass is 555 g/mol. The van der Waals surface area contributed by atoms with Crippen molar-refractivity contribution in [2.45, 2.75) is 60.0 Å². The molecule has 1 aliphatic rings. The highest BCUT2D eigenvalue weighted by molar-refractivity contribution is 6.07. The van der Waals surface area contributed by atoms with Crippen molar-refractivity contribution in [3.8, 4) is 5.75 Å². The van der Waals surface area contributed by atoms with Gasteiger partial charge < -0.3 is 24.8 Å². The van der Waals surface area contributed by atoms with Crippen LogP contribution in [0.4, 0.5) is 0 Å². The molecule has 0 bridgehead atoms. The Hall–Kier alpha value is -3.84. The van der Waals surface area contributed by atoms with Gasteiger partial charge in [0.05, 0.1) is 0 Å². The number of phenolic OH excluding ortho intramolecular Hbond substituents is 1. The first-order valence-corrected chi connectivity index (χ1v) is 14.7. The van der Waals surface area contributed by atoms with E-state index in [4.69, 9.17) is 0 Å². The zero-order valence-electron chi connectivity index (χ0n) is 25.5. The van der Waals surface area contributed by atoms with E-state index in [1.807, 2.05) is 31.3 Å². The number of piperazine rings is 1. The molecule has 4 rings (SSSR count). The number of hydrogen-bond donors (Lipinski definition) is 2. The van der Waals surface area contributed by atoms with E-state index in [2.05, 4.69) is 84.3 Å². The van der Waals surface area contributed by atoms with Crippen LogP contribution in [0.25, 0.3) is 16.5 Å². The fraction of sp³-hybridized carbons (Fsp3) is 0.412. The first-order chi connectivity index (χ1) is 19.6. The first-order valence-electron chi connectivity index (χ1n) is 14.7. The molecule has 7 heteroatoms. The van der Waals surface area contributed by atoms with Crippen molar-refractivity contribution >= 4 is 29.1 Å². The Morgan fingerprint density at radius 1 is 1.15 bits per heavy atom. The van der Waals surface area contributed by atoms with E-state index in [9.17, 15) is 9.90 Å². The first kappa shape index (κ1) is 30.1. The second-order valence-corrected chi connectivity index (χ2v) is 11.5. The molecule has 0 unspecified atom stereocenters. The number of carbonyl (C=O) groups excluding carboxylic acids is 1. The highest BCUT2D eigenvalue weighted by atomic mass is 16.3. The standard InChI is InChI=1S/C34H45N5O2/c1-8-9-26-18-24(4)19-32(40)30(26)22-36-34(41)29-20-27(21-31-28(29)12-13-39(31)23(2)3)25(5)10-11-33(35-6)38-16-14-37(7)15-17-38/h10-13,18-21,23,40H,6,8-9,14-17,22H2,1-5,7H3,(H,36,41)/b25-10+,33-11+. The maximum Gasteiger partial charge on any atom is 0.252 e. The van der Waals surface area contributed by atoms with Crippen LogP contribution in [0, 0.1) is 6.92 Å². The lowest BCUT2D eigenvalue weighted by Crippen LogP contribution is -2.43. The van der Waals surface area contributed by atoms with Gasteiger partial charge in [-0.25, -0.2) is 4.99 Å². The molecule has 2 heterocycles. The van der Waals surface area contributed by atoms with Gasteiger partial charge in [0.2, 0.25) is 0 Å². The number of benzene rings is 2. The molecule has 7 nitrogen and oxygen atoms in total. The van der Waals surface area contributed by atoms with Gasteiger partial charge in [0.25, 0.3) is 5.91 Å². The summed E-state index contributed by atoms with van der Waals surface area (Å²) in [5, 5.41) is 14.7. The van der Waals surface area contributed by atoms with Crippen LogP contribution in [0.1, 0.15) is 72.8 Å². The maximum atomic E-state index is 13.7. The Labute approximate surface area is 244 Å². The van der Waals surface area contributed by atoms with E-state index in [1.165, 1.54) is 0 Å². The van der Waals surface area contributed by atoms with E-state index in [0.717, 1.165) is 83.6 Å². The molecule has 3 aromatic rings. The van der Waals surface area contributed by atoms with Crippen LogP contribution in [0.3, 0.4) is 0 Å². The van der Waals surface area contributed by atoms with Gasteiger partial charge in [-0.2, -0.15) is 0 Å². The molecule has 0 spiro atoms. The molecular weight excluding hydrogens is 510 g/mol. The fourth-order valence-electron chi connectivity index (χ4n) is 5.55. The van der Waals surface area contributed by atoms with Gasteiger partial charge in [0, 0.05) is 67.0 Å². The largest absolute Gasteiger partial charge is 0.508 e. The Kier molecular flexibility index (Phi) is 9.71. The van der Waals surface area contributed by atoms with Crippen molar-refractivity contribution < 1.29 is 9.90 Å². The smallest absolute Gasteiger partial charge is 0.252 e. The minimum Gasteiger partial charge on any atom is -0.508 e. The number of nitrogens with zero attached hydrogens (tertiary/aromatic N) is 4. The molecule has 1 aliphatic heterocycles. The third-order valence-corrected chi connectivity index (χ3v) is 7.97. The van der Waals surface area contributed by atoms with E-state index < -0.39 is 0 Å². The summed E-state index contributed by atoms with van der Waals surface area (Å²) in [6, 6.07) is 10.3. The van der Waals surface area contributed by atoms with Gasteiger partial charge in [0.1, 0.15) is 11.6 Å². The topological polar surface area (TPSA) is 73.1 Å². The molecular formula is C34H45N5O2. The number of aryl methyl sites for hydroxylation is 2. The van der Waals surface area contributed by atoms with E-state index in [-0.39, 0.29) is 24.2 Å². The predicted octanol–water partition coefficient (Wildman–Crippen LogP) is 6.31. The second-order valence-electron chi connectivity index (χ2n) is 11.5. The predicted molar refractivity (Wildman–Crippen MR) is 171 cm³/mol. The lowest BCUT2D eigenvalue weighted by Gasteiger charge is -2.33. The summed E-state index contributed by atoms with van der Waals surface area (Å²) in [5.41, 5.74) is 6.54. The van der Waals surface area contributed by atoms with Crippen LogP contribution >= 0.6 is 0 Å². The average molecular weight is 556 g/mol. The molecule has 1 aromatic heterocycles. The van der Waals surface area contributed by atoms with Gasteiger partial charge in [-0.05, 0) is 100 Å². The van der Waals surface area contributed by atoms with Crippen LogP contribution in [-0.4, -0.2) is 65.3 Å². The number of allylic oxidation sites excluding steroid dienone is 3. The average Bonchev–Trinajstić information content (AvgIpc) is 3.37. The molecule has 1 fully saturated rings. The maximum absolute atomic E-state index is 13.7. The van der Waals surface area contributed by atoms with Gasteiger partial charge in [0.15, 0.2) is 0 Å². The van der Waals surface area contributed by atoms with Gasteiger partial charge in [-0.3, -0.25) is 4.79 Å². The number of rotatable bonds is 10. The van der Waals surface area contributed by atoms with Crippen molar-refractivity contribution in [2.75, 3.05) is 33.2 Å². The van der Waals surface area contributed by atoms with Crippen LogP contribution in [0.15, 0.2) is 59.5 Å². The van der Waals surface area contributed by atoms with Crippen molar-refractivity contribution in [3.63, 3.8) is 0 Å². The highest BCUT2D eigenvalue weighted by Crippen LogP contribution is 2.30. The summed E-state index contributed by atoms with van der Waals surface area (Å²) in [7, 11) is 2.14. The molecule has 2 aromatic carbocycles. The Bertz CT molecular complexity index is 1470. The summed E-state index contributed by atoms with van der Waals surface area (Å²) in [5.74, 6) is 0.939. The molecule has 0 atom stereocenters. The van der Waals surface area contributed by atoms with Gasteiger partial charge in [-0.15, -0.1) is 0 Å². The number of aromatic hydroxyl groups is 1. The Balaban J connectivity index is 1.68. The number of likely N-dealkylation sites (N-methyl/N-ethyl adjacent to an activating group) is 1. The third-order valence-electron chi connectivity index (χ3n) is 7.97. The Morgan fingerprint density at radius 3 is 2.54 bits per heavy atom. The lowest BCUT2D eigenvalue weighted by molar-refractivity contribution is 0.0952. The number of aromatic nitrogens is 1. The molecule has 2 N–H and O–H groups in total. The van der Waals surface area contributed by atoms with Crippen molar-refractivity contribution in [1.82, 2.24) is 19.7 Å². The molecule has 218 valence electrons. The van der Waals surface area contributed by atoms with E-state index in [1.54, 1.807) is 6.07 Å². The van der Waals surface area contributed by atoms with Gasteiger partial charge >= 0.3 is 0 Å². The molecule has 0 saturated carbocycles. The van der Waals surface area contributed by atoms with Gasteiger partial charge in [-0.1, -0.05) is 25.5 Å². The number of carbonyl (C=O) groups is 1. The minimum absolute atomic E-state index is 0.157. The summed E-state index contributed by atoms with van der Waals surface area (Å²) in [6.45, 7) is 18.4. The zero-order chi connectivity index (χ0) is 29.7. The number of hydrogen-bond acceptors (Lipinski definition) is 5. The molecule has 1 amide bonds. The van der Waals surface area contributed by atoms with Crippen LogP contribution in [-0.2, 0) is 13.0 Å². The number of fused-ring (bicyclic) bond motifs is 1. The van der Waals surface area contributed by atoms with Crippen LogP contribution in [0.2, 0.25) is 0 Å². The SMILES string of the molecule is C=N/C(=C\C=C(/C)c1cc(C(=O)NCc2c(O)cc(C)cc2CCC)c2ccn(C(C)C)c2c1)N1CCN(C)CC1. The van der Waals surface area contributed by atoms with Crippen LogP contribution in [0.5, 0.6) is 5.75 Å². The van der Waals surface area contributed by atoms with E-state index >= 15 is 0 Å². The van der Waals surface area contributed by atoms with Crippen LogP contribution < -0.4 is 5.32 Å². The van der Waals surface area contributed by atoms with Crippen molar-refractivity contribution in [2.24, 2.45) is 4.99 Å². The number of amides is 1. The zero-order valence-corrected chi connectivity index (χ0v) is 25.5.